The summed E-state index contributed by atoms with van der Waals surface area (Å²) in [6, 6.07) is 13.8. The molecule has 2 aromatic carbocycles. The van der Waals surface area contributed by atoms with Gasteiger partial charge in [-0.25, -0.2) is 8.42 Å². The minimum Gasteiger partial charge on any atom is -0.497 e. The first-order chi connectivity index (χ1) is 13.4. The number of carbonyl (C=O) groups is 1. The number of rotatable bonds is 6. The number of anilines is 1. The lowest BCUT2D eigenvalue weighted by Crippen LogP contribution is -3.15. The van der Waals surface area contributed by atoms with Gasteiger partial charge in [-0.3, -0.25) is 4.79 Å². The molecular formula is C19H23BrN3O4S+. The van der Waals surface area contributed by atoms with Crippen molar-refractivity contribution >= 4 is 37.5 Å². The summed E-state index contributed by atoms with van der Waals surface area (Å²) in [5.41, 5.74) is 0.710. The van der Waals surface area contributed by atoms with E-state index in [-0.39, 0.29) is 10.8 Å². The van der Waals surface area contributed by atoms with Crippen molar-refractivity contribution in [2.75, 3.05) is 45.2 Å². The fourth-order valence-electron chi connectivity index (χ4n) is 3.08. The van der Waals surface area contributed by atoms with Gasteiger partial charge in [0, 0.05) is 10.2 Å². The standard InChI is InChI=1S/C19H22BrN3O4S/c1-27-17-6-4-16(5-7-17)21-19(24)14-22-10-12-23(13-11-22)28(25,26)18-8-2-15(20)3-9-18/h2-9H,10-14H2,1H3,(H,21,24)/p+1. The van der Waals surface area contributed by atoms with Crippen LogP contribution in [-0.2, 0) is 14.8 Å². The molecule has 28 heavy (non-hydrogen) atoms. The quantitative estimate of drug-likeness (QED) is 0.662. The van der Waals surface area contributed by atoms with Gasteiger partial charge in [-0.05, 0) is 48.5 Å². The molecule has 0 spiro atoms. The van der Waals surface area contributed by atoms with Crippen molar-refractivity contribution in [3.63, 3.8) is 0 Å². The number of hydrogen-bond acceptors (Lipinski definition) is 4. The van der Waals surface area contributed by atoms with E-state index in [0.717, 1.165) is 15.1 Å². The average molecular weight is 469 g/mol. The van der Waals surface area contributed by atoms with Crippen LogP contribution in [0.5, 0.6) is 5.75 Å². The molecule has 1 aliphatic heterocycles. The van der Waals surface area contributed by atoms with E-state index in [4.69, 9.17) is 4.74 Å². The van der Waals surface area contributed by atoms with Gasteiger partial charge in [0.15, 0.2) is 6.54 Å². The smallest absolute Gasteiger partial charge is 0.279 e. The summed E-state index contributed by atoms with van der Waals surface area (Å²) < 4.78 is 32.9. The molecule has 3 rings (SSSR count). The number of nitrogens with zero attached hydrogens (tertiary/aromatic N) is 1. The minimum absolute atomic E-state index is 0.0932. The Morgan fingerprint density at radius 1 is 1.11 bits per heavy atom. The van der Waals surface area contributed by atoms with E-state index in [1.165, 1.54) is 4.31 Å². The van der Waals surface area contributed by atoms with Crippen LogP contribution in [0.15, 0.2) is 57.9 Å². The molecule has 1 fully saturated rings. The zero-order chi connectivity index (χ0) is 20.1. The number of nitrogens with one attached hydrogen (secondary N) is 2. The number of piperazine rings is 1. The normalized spacial score (nSPS) is 15.9. The maximum atomic E-state index is 12.7. The molecule has 0 aromatic heterocycles. The first kappa shape index (κ1) is 20.8. The van der Waals surface area contributed by atoms with Crippen LogP contribution in [0.2, 0.25) is 0 Å². The van der Waals surface area contributed by atoms with E-state index in [2.05, 4.69) is 21.2 Å². The van der Waals surface area contributed by atoms with Crippen LogP contribution >= 0.6 is 15.9 Å². The topological polar surface area (TPSA) is 80.2 Å². The Balaban J connectivity index is 1.51. The van der Waals surface area contributed by atoms with Crippen LogP contribution in [0.4, 0.5) is 5.69 Å². The molecular weight excluding hydrogens is 446 g/mol. The molecule has 1 saturated heterocycles. The molecule has 1 heterocycles. The van der Waals surface area contributed by atoms with Crippen molar-refractivity contribution in [3.05, 3.63) is 53.0 Å². The Bertz CT molecular complexity index is 909. The molecule has 0 radical (unpaired) electrons. The molecule has 9 heteroatoms. The zero-order valence-electron chi connectivity index (χ0n) is 15.5. The van der Waals surface area contributed by atoms with Crippen molar-refractivity contribution in [2.45, 2.75) is 4.90 Å². The fraction of sp³-hybridized carbons (Fsp3) is 0.316. The third kappa shape index (κ3) is 5.11. The number of sulfonamides is 1. The molecule has 2 aromatic rings. The first-order valence-electron chi connectivity index (χ1n) is 8.91. The zero-order valence-corrected chi connectivity index (χ0v) is 17.9. The Kier molecular flexibility index (Phi) is 6.71. The Morgan fingerprint density at radius 3 is 2.29 bits per heavy atom. The number of quaternary nitrogens is 1. The number of benzene rings is 2. The third-order valence-corrected chi connectivity index (χ3v) is 7.11. The fourth-order valence-corrected chi connectivity index (χ4v) is 4.79. The summed E-state index contributed by atoms with van der Waals surface area (Å²) in [6.07, 6.45) is 0. The van der Waals surface area contributed by atoms with Crippen LogP contribution in [-0.4, -0.2) is 58.5 Å². The Hall–Kier alpha value is -1.94. The van der Waals surface area contributed by atoms with Gasteiger partial charge < -0.3 is 15.0 Å². The highest BCUT2D eigenvalue weighted by molar-refractivity contribution is 9.10. The number of hydrogen-bond donors (Lipinski definition) is 2. The van der Waals surface area contributed by atoms with Crippen molar-refractivity contribution in [3.8, 4) is 5.75 Å². The molecule has 1 amide bonds. The van der Waals surface area contributed by atoms with Gasteiger partial charge in [0.05, 0.1) is 38.2 Å². The van der Waals surface area contributed by atoms with E-state index >= 15 is 0 Å². The van der Waals surface area contributed by atoms with Crippen molar-refractivity contribution in [1.82, 2.24) is 4.31 Å². The van der Waals surface area contributed by atoms with Crippen LogP contribution in [0, 0.1) is 0 Å². The van der Waals surface area contributed by atoms with Crippen molar-refractivity contribution in [2.24, 2.45) is 0 Å². The Labute approximate surface area is 173 Å². The van der Waals surface area contributed by atoms with Crippen LogP contribution in [0.25, 0.3) is 0 Å². The maximum Gasteiger partial charge on any atom is 0.279 e. The van der Waals surface area contributed by atoms with Crippen LogP contribution in [0.3, 0.4) is 0 Å². The molecule has 0 saturated carbocycles. The van der Waals surface area contributed by atoms with Gasteiger partial charge >= 0.3 is 0 Å². The van der Waals surface area contributed by atoms with Crippen LogP contribution < -0.4 is 15.0 Å². The summed E-state index contributed by atoms with van der Waals surface area (Å²) in [4.78, 5) is 13.6. The molecule has 0 unspecified atom stereocenters. The summed E-state index contributed by atoms with van der Waals surface area (Å²) in [7, 11) is -1.91. The third-order valence-electron chi connectivity index (χ3n) is 4.67. The van der Waals surface area contributed by atoms with E-state index in [1.54, 1.807) is 55.6 Å². The SMILES string of the molecule is COc1ccc(NC(=O)C[NH+]2CCN(S(=O)(=O)c3ccc(Br)cc3)CC2)cc1. The lowest BCUT2D eigenvalue weighted by molar-refractivity contribution is -0.895. The second-order valence-corrected chi connectivity index (χ2v) is 9.42. The number of methoxy groups -OCH3 is 1. The molecule has 7 nitrogen and oxygen atoms in total. The van der Waals surface area contributed by atoms with E-state index in [0.29, 0.717) is 38.4 Å². The molecule has 1 aliphatic rings. The lowest BCUT2D eigenvalue weighted by Gasteiger charge is -2.31. The molecule has 2 N–H and O–H groups in total. The maximum absolute atomic E-state index is 12.7. The van der Waals surface area contributed by atoms with Gasteiger partial charge in [0.1, 0.15) is 5.75 Å². The predicted molar refractivity (Wildman–Crippen MR) is 110 cm³/mol. The second-order valence-electron chi connectivity index (χ2n) is 6.56. The summed E-state index contributed by atoms with van der Waals surface area (Å²) in [5, 5.41) is 2.86. The van der Waals surface area contributed by atoms with Crippen molar-refractivity contribution < 1.29 is 22.8 Å². The average Bonchev–Trinajstić information content (AvgIpc) is 2.69. The monoisotopic (exact) mass is 468 g/mol. The van der Waals surface area contributed by atoms with E-state index in [9.17, 15) is 13.2 Å². The van der Waals surface area contributed by atoms with Crippen molar-refractivity contribution in [1.29, 1.82) is 0 Å². The summed E-state index contributed by atoms with van der Waals surface area (Å²) >= 11 is 3.31. The number of carbonyl (C=O) groups excluding carboxylic acids is 1. The summed E-state index contributed by atoms with van der Waals surface area (Å²) in [5.74, 6) is 0.635. The van der Waals surface area contributed by atoms with Crippen LogP contribution in [0.1, 0.15) is 0 Å². The number of ether oxygens (including phenoxy) is 1. The highest BCUT2D eigenvalue weighted by atomic mass is 79.9. The molecule has 150 valence electrons. The largest absolute Gasteiger partial charge is 0.497 e. The molecule has 0 bridgehead atoms. The number of halogens is 1. The molecule has 0 aliphatic carbocycles. The Morgan fingerprint density at radius 2 is 1.71 bits per heavy atom. The van der Waals surface area contributed by atoms with Gasteiger partial charge in [-0.15, -0.1) is 0 Å². The van der Waals surface area contributed by atoms with E-state index in [1.807, 2.05) is 0 Å². The second kappa shape index (κ2) is 9.04. The first-order valence-corrected chi connectivity index (χ1v) is 11.1. The summed E-state index contributed by atoms with van der Waals surface area (Å²) in [6.45, 7) is 2.27. The lowest BCUT2D eigenvalue weighted by atomic mass is 10.3. The van der Waals surface area contributed by atoms with E-state index < -0.39 is 10.0 Å². The van der Waals surface area contributed by atoms with Gasteiger partial charge in [-0.2, -0.15) is 4.31 Å². The molecule has 0 atom stereocenters. The number of amides is 1. The highest BCUT2D eigenvalue weighted by Gasteiger charge is 2.31. The van der Waals surface area contributed by atoms with Gasteiger partial charge in [-0.1, -0.05) is 15.9 Å². The van der Waals surface area contributed by atoms with Gasteiger partial charge in [0.2, 0.25) is 10.0 Å². The van der Waals surface area contributed by atoms with Gasteiger partial charge in [0.25, 0.3) is 5.91 Å². The highest BCUT2D eigenvalue weighted by Crippen LogP contribution is 2.19. The minimum atomic E-state index is -3.50. The predicted octanol–water partition coefficient (Wildman–Crippen LogP) is 0.986.